The lowest BCUT2D eigenvalue weighted by molar-refractivity contribution is 0.247. The van der Waals surface area contributed by atoms with E-state index < -0.39 is 0 Å². The van der Waals surface area contributed by atoms with Gasteiger partial charge in [-0.05, 0) is 30.0 Å². The van der Waals surface area contributed by atoms with Crippen molar-refractivity contribution in [3.05, 3.63) is 5.89 Å². The number of aromatic nitrogens is 2. The van der Waals surface area contributed by atoms with Crippen molar-refractivity contribution in [3.8, 4) is 0 Å². The monoisotopic (exact) mass is 294 g/mol. The van der Waals surface area contributed by atoms with E-state index in [1.165, 1.54) is 25.7 Å². The molecule has 1 atom stereocenters. The van der Waals surface area contributed by atoms with Crippen LogP contribution in [-0.4, -0.2) is 35.8 Å². The van der Waals surface area contributed by atoms with Gasteiger partial charge in [0, 0.05) is 25.6 Å². The summed E-state index contributed by atoms with van der Waals surface area (Å²) < 4.78 is 5.49. The fourth-order valence-corrected chi connectivity index (χ4v) is 2.83. The number of nitrogens with one attached hydrogen (secondary N) is 1. The molecule has 5 nitrogen and oxygen atoms in total. The van der Waals surface area contributed by atoms with Gasteiger partial charge in [-0.1, -0.05) is 40.5 Å². The van der Waals surface area contributed by atoms with Gasteiger partial charge in [-0.25, -0.2) is 0 Å². The first-order valence-electron chi connectivity index (χ1n) is 8.31. The van der Waals surface area contributed by atoms with Crippen LogP contribution in [0, 0.1) is 5.41 Å². The van der Waals surface area contributed by atoms with Gasteiger partial charge in [0.05, 0.1) is 0 Å². The molecule has 0 aromatic carbocycles. The molecular weight excluding hydrogens is 264 g/mol. The summed E-state index contributed by atoms with van der Waals surface area (Å²) in [6, 6.07) is 0.347. The Morgan fingerprint density at radius 3 is 2.43 bits per heavy atom. The summed E-state index contributed by atoms with van der Waals surface area (Å²) in [5, 5.41) is 7.72. The predicted octanol–water partition coefficient (Wildman–Crippen LogP) is 3.02. The molecule has 0 bridgehead atoms. The summed E-state index contributed by atoms with van der Waals surface area (Å²) in [4.78, 5) is 6.88. The third-order valence-electron chi connectivity index (χ3n) is 4.22. The Bertz CT molecular complexity index is 416. The van der Waals surface area contributed by atoms with Gasteiger partial charge < -0.3 is 14.7 Å². The topological polar surface area (TPSA) is 54.2 Å². The fourth-order valence-electron chi connectivity index (χ4n) is 2.83. The zero-order chi connectivity index (χ0) is 15.3. The van der Waals surface area contributed by atoms with Crippen molar-refractivity contribution in [3.63, 3.8) is 0 Å². The molecule has 1 aliphatic heterocycles. The van der Waals surface area contributed by atoms with E-state index in [-0.39, 0.29) is 5.41 Å². The molecule has 5 heteroatoms. The lowest BCUT2D eigenvalue weighted by atomic mass is 9.85. The summed E-state index contributed by atoms with van der Waals surface area (Å²) in [7, 11) is 0. The summed E-state index contributed by atoms with van der Waals surface area (Å²) in [5.41, 5.74) is 0.174. The van der Waals surface area contributed by atoms with Crippen LogP contribution in [-0.2, 0) is 6.42 Å². The molecular formula is C16H30N4O. The zero-order valence-electron chi connectivity index (χ0n) is 14.0. The van der Waals surface area contributed by atoms with Crippen LogP contribution in [0.2, 0.25) is 0 Å². The highest BCUT2D eigenvalue weighted by Gasteiger charge is 2.26. The Morgan fingerprint density at radius 1 is 1.19 bits per heavy atom. The maximum atomic E-state index is 5.49. The molecule has 0 aliphatic carbocycles. The number of likely N-dealkylation sites (N-methyl/N-ethyl adjacent to an activating group) is 1. The van der Waals surface area contributed by atoms with Crippen molar-refractivity contribution < 1.29 is 4.52 Å². The van der Waals surface area contributed by atoms with Crippen LogP contribution in [0.3, 0.4) is 0 Å². The van der Waals surface area contributed by atoms with Crippen LogP contribution in [0.1, 0.15) is 59.3 Å². The Morgan fingerprint density at radius 2 is 1.86 bits per heavy atom. The number of anilines is 1. The first kappa shape index (κ1) is 16.3. The maximum absolute atomic E-state index is 5.49. The molecule has 0 spiro atoms. The van der Waals surface area contributed by atoms with Crippen LogP contribution in [0.15, 0.2) is 4.52 Å². The average Bonchev–Trinajstić information content (AvgIpc) is 2.71. The van der Waals surface area contributed by atoms with Gasteiger partial charge in [-0.3, -0.25) is 0 Å². The van der Waals surface area contributed by atoms with E-state index in [4.69, 9.17) is 4.52 Å². The molecule has 2 heterocycles. The van der Waals surface area contributed by atoms with E-state index in [1.807, 2.05) is 0 Å². The number of hydrogen-bond acceptors (Lipinski definition) is 5. The van der Waals surface area contributed by atoms with E-state index in [1.54, 1.807) is 0 Å². The summed E-state index contributed by atoms with van der Waals surface area (Å²) in [6.07, 6.45) is 5.87. The molecule has 0 saturated carbocycles. The minimum Gasteiger partial charge on any atom is -0.338 e. The normalized spacial score (nSPS) is 18.6. The second-order valence-corrected chi connectivity index (χ2v) is 7.07. The minimum absolute atomic E-state index is 0.174. The first-order chi connectivity index (χ1) is 10.0. The Kier molecular flexibility index (Phi) is 5.62. The highest BCUT2D eigenvalue weighted by Crippen LogP contribution is 2.23. The summed E-state index contributed by atoms with van der Waals surface area (Å²) in [6.45, 7) is 11.9. The van der Waals surface area contributed by atoms with Gasteiger partial charge in [-0.2, -0.15) is 4.98 Å². The van der Waals surface area contributed by atoms with Gasteiger partial charge in [0.15, 0.2) is 0 Å². The molecule has 1 N–H and O–H groups in total. The quantitative estimate of drug-likeness (QED) is 0.904. The fraction of sp³-hybridized carbons (Fsp3) is 0.875. The maximum Gasteiger partial charge on any atom is 0.266 e. The second-order valence-electron chi connectivity index (χ2n) is 7.07. The van der Waals surface area contributed by atoms with Crippen LogP contribution < -0.4 is 10.2 Å². The molecule has 0 amide bonds. The highest BCUT2D eigenvalue weighted by molar-refractivity contribution is 5.27. The lowest BCUT2D eigenvalue weighted by Gasteiger charge is -2.30. The minimum atomic E-state index is 0.174. The van der Waals surface area contributed by atoms with Gasteiger partial charge in [0.25, 0.3) is 5.95 Å². The number of rotatable bonds is 5. The van der Waals surface area contributed by atoms with Crippen LogP contribution in [0.4, 0.5) is 5.95 Å². The SMILES string of the molecule is CCNC(Cc1nc(N2CCCCCC2)no1)C(C)(C)C. The Labute approximate surface area is 128 Å². The molecule has 1 fully saturated rings. The van der Waals surface area contributed by atoms with Gasteiger partial charge >= 0.3 is 0 Å². The van der Waals surface area contributed by atoms with Crippen LogP contribution in [0.25, 0.3) is 0 Å². The van der Waals surface area contributed by atoms with E-state index in [9.17, 15) is 0 Å². The number of nitrogens with zero attached hydrogens (tertiary/aromatic N) is 3. The molecule has 1 aromatic heterocycles. The smallest absolute Gasteiger partial charge is 0.266 e. The van der Waals surface area contributed by atoms with Crippen molar-refractivity contribution in [1.29, 1.82) is 0 Å². The molecule has 1 saturated heterocycles. The third-order valence-corrected chi connectivity index (χ3v) is 4.22. The zero-order valence-corrected chi connectivity index (χ0v) is 14.0. The van der Waals surface area contributed by atoms with E-state index in [0.29, 0.717) is 6.04 Å². The summed E-state index contributed by atoms with van der Waals surface area (Å²) >= 11 is 0. The lowest BCUT2D eigenvalue weighted by Crippen LogP contribution is -2.42. The van der Waals surface area contributed by atoms with Crippen molar-refractivity contribution in [2.45, 2.75) is 65.8 Å². The molecule has 1 aliphatic rings. The van der Waals surface area contributed by atoms with Gasteiger partial charge in [-0.15, -0.1) is 0 Å². The van der Waals surface area contributed by atoms with Crippen molar-refractivity contribution in [1.82, 2.24) is 15.5 Å². The molecule has 1 unspecified atom stereocenters. The van der Waals surface area contributed by atoms with Gasteiger partial charge in [0.1, 0.15) is 0 Å². The first-order valence-corrected chi connectivity index (χ1v) is 8.31. The van der Waals surface area contributed by atoms with Gasteiger partial charge in [0.2, 0.25) is 5.89 Å². The van der Waals surface area contributed by atoms with E-state index >= 15 is 0 Å². The van der Waals surface area contributed by atoms with Crippen molar-refractivity contribution in [2.24, 2.45) is 5.41 Å². The van der Waals surface area contributed by atoms with E-state index in [2.05, 4.69) is 48.1 Å². The molecule has 21 heavy (non-hydrogen) atoms. The average molecular weight is 294 g/mol. The molecule has 1 aromatic rings. The van der Waals surface area contributed by atoms with Crippen molar-refractivity contribution >= 4 is 5.95 Å². The highest BCUT2D eigenvalue weighted by atomic mass is 16.5. The summed E-state index contributed by atoms with van der Waals surface area (Å²) in [5.74, 6) is 1.52. The number of hydrogen-bond donors (Lipinski definition) is 1. The largest absolute Gasteiger partial charge is 0.338 e. The van der Waals surface area contributed by atoms with Crippen LogP contribution in [0.5, 0.6) is 0 Å². The molecule has 2 rings (SSSR count). The molecule has 120 valence electrons. The standard InChI is InChI=1S/C16H30N4O/c1-5-17-13(16(2,3)4)12-14-18-15(19-21-14)20-10-8-6-7-9-11-20/h13,17H,5-12H2,1-4H3. The Hall–Kier alpha value is -1.10. The molecule has 0 radical (unpaired) electrons. The predicted molar refractivity (Wildman–Crippen MR) is 85.6 cm³/mol. The second kappa shape index (κ2) is 7.25. The van der Waals surface area contributed by atoms with Crippen molar-refractivity contribution in [2.75, 3.05) is 24.5 Å². The van der Waals surface area contributed by atoms with Crippen LogP contribution >= 0.6 is 0 Å². The Balaban J connectivity index is 2.01. The van der Waals surface area contributed by atoms with E-state index in [0.717, 1.165) is 37.9 Å². The third kappa shape index (κ3) is 4.70.